The van der Waals surface area contributed by atoms with Crippen LogP contribution in [0.4, 0.5) is 4.39 Å². The molecule has 0 radical (unpaired) electrons. The molecular weight excluding hydrogens is 217 g/mol. The van der Waals surface area contributed by atoms with E-state index in [1.54, 1.807) is 6.07 Å². The predicted molar refractivity (Wildman–Crippen MR) is 57.1 cm³/mol. The Labute approximate surface area is 92.4 Å². The van der Waals surface area contributed by atoms with Gasteiger partial charge >= 0.3 is 0 Å². The largest absolute Gasteiger partial charge is 0.410 e. The van der Waals surface area contributed by atoms with Gasteiger partial charge in [-0.25, -0.2) is 4.39 Å². The van der Waals surface area contributed by atoms with Crippen LogP contribution in [0.25, 0.3) is 0 Å². The molecule has 0 aromatic heterocycles. The second-order valence-corrected chi connectivity index (χ2v) is 4.29. The molecule has 1 fully saturated rings. The van der Waals surface area contributed by atoms with Crippen molar-refractivity contribution in [3.63, 3.8) is 0 Å². The molecule has 15 heavy (non-hydrogen) atoms. The summed E-state index contributed by atoms with van der Waals surface area (Å²) in [6.07, 6.45) is 1.61. The zero-order chi connectivity index (χ0) is 11.1. The molecule has 0 spiro atoms. The van der Waals surface area contributed by atoms with Crippen LogP contribution in [0, 0.1) is 12.7 Å². The van der Waals surface area contributed by atoms with Gasteiger partial charge in [0.05, 0.1) is 5.41 Å². The maximum Gasteiger partial charge on any atom is 0.155 e. The highest BCUT2D eigenvalue weighted by Gasteiger charge is 2.50. The molecule has 1 aromatic rings. The molecule has 1 saturated carbocycles. The first kappa shape index (κ1) is 10.4. The first-order valence-electron chi connectivity index (χ1n) is 4.75. The van der Waals surface area contributed by atoms with Crippen LogP contribution in [0.5, 0.6) is 0 Å². The topological polar surface area (TPSA) is 32.6 Å². The van der Waals surface area contributed by atoms with Gasteiger partial charge in [0.2, 0.25) is 0 Å². The molecule has 0 unspecified atom stereocenters. The normalized spacial score (nSPS) is 19.0. The van der Waals surface area contributed by atoms with Crippen LogP contribution >= 0.6 is 11.6 Å². The Bertz CT molecular complexity index is 427. The third-order valence-corrected chi connectivity index (χ3v) is 3.39. The molecular formula is C11H11ClFNO. The smallest absolute Gasteiger partial charge is 0.155 e. The van der Waals surface area contributed by atoms with E-state index in [0.717, 1.165) is 24.0 Å². The van der Waals surface area contributed by atoms with Gasteiger partial charge in [0, 0.05) is 0 Å². The lowest BCUT2D eigenvalue weighted by Gasteiger charge is -2.15. The van der Waals surface area contributed by atoms with Crippen molar-refractivity contribution in [3.8, 4) is 0 Å². The minimum absolute atomic E-state index is 0.149. The molecule has 2 nitrogen and oxygen atoms in total. The summed E-state index contributed by atoms with van der Waals surface area (Å²) < 4.78 is 13.1. The number of rotatable bonds is 2. The minimum atomic E-state index is -0.442. The molecule has 0 aliphatic heterocycles. The highest BCUT2D eigenvalue weighted by Crippen LogP contribution is 2.51. The van der Waals surface area contributed by atoms with Crippen molar-refractivity contribution in [1.29, 1.82) is 0 Å². The van der Waals surface area contributed by atoms with E-state index in [2.05, 4.69) is 5.16 Å². The molecule has 0 atom stereocenters. The zero-order valence-corrected chi connectivity index (χ0v) is 9.05. The maximum absolute atomic E-state index is 13.1. The van der Waals surface area contributed by atoms with E-state index in [9.17, 15) is 4.39 Å². The van der Waals surface area contributed by atoms with Crippen molar-refractivity contribution >= 4 is 16.8 Å². The number of benzene rings is 1. The molecule has 1 aliphatic rings. The van der Waals surface area contributed by atoms with E-state index < -0.39 is 5.41 Å². The van der Waals surface area contributed by atoms with E-state index in [4.69, 9.17) is 16.8 Å². The quantitative estimate of drug-likeness (QED) is 0.470. The van der Waals surface area contributed by atoms with Crippen LogP contribution in [0.3, 0.4) is 0 Å². The maximum atomic E-state index is 13.1. The fourth-order valence-corrected chi connectivity index (χ4v) is 2.21. The predicted octanol–water partition coefficient (Wildman–Crippen LogP) is 3.19. The summed E-state index contributed by atoms with van der Waals surface area (Å²) in [5, 5.41) is 11.9. The molecule has 0 saturated heterocycles. The third-order valence-electron chi connectivity index (χ3n) is 2.95. The lowest BCUT2D eigenvalue weighted by atomic mass is 9.93. The Morgan fingerprint density at radius 1 is 1.53 bits per heavy atom. The summed E-state index contributed by atoms with van der Waals surface area (Å²) in [5.41, 5.74) is 1.35. The highest BCUT2D eigenvalue weighted by atomic mass is 35.5. The molecule has 1 N–H and O–H groups in total. The second-order valence-electron chi connectivity index (χ2n) is 3.93. The number of hydrogen-bond donors (Lipinski definition) is 1. The molecule has 80 valence electrons. The van der Waals surface area contributed by atoms with E-state index in [1.807, 2.05) is 6.92 Å². The van der Waals surface area contributed by atoms with Crippen LogP contribution in [0.1, 0.15) is 24.0 Å². The van der Waals surface area contributed by atoms with Gasteiger partial charge in [-0.05, 0) is 43.0 Å². The van der Waals surface area contributed by atoms with Crippen LogP contribution < -0.4 is 0 Å². The van der Waals surface area contributed by atoms with E-state index in [0.29, 0.717) is 0 Å². The van der Waals surface area contributed by atoms with Crippen LogP contribution in [0.15, 0.2) is 23.4 Å². The summed E-state index contributed by atoms with van der Waals surface area (Å²) in [4.78, 5) is 0. The molecule has 1 aromatic carbocycles. The van der Waals surface area contributed by atoms with Crippen molar-refractivity contribution < 1.29 is 9.60 Å². The van der Waals surface area contributed by atoms with Gasteiger partial charge in [0.25, 0.3) is 0 Å². The first-order chi connectivity index (χ1) is 7.10. The summed E-state index contributed by atoms with van der Waals surface area (Å²) in [6.45, 7) is 1.90. The monoisotopic (exact) mass is 227 g/mol. The van der Waals surface area contributed by atoms with Crippen molar-refractivity contribution in [2.45, 2.75) is 25.2 Å². The van der Waals surface area contributed by atoms with Crippen molar-refractivity contribution in [3.05, 3.63) is 35.1 Å². The fourth-order valence-electron chi connectivity index (χ4n) is 1.92. The molecule has 1 aliphatic carbocycles. The van der Waals surface area contributed by atoms with Crippen LogP contribution in [0.2, 0.25) is 0 Å². The molecule has 0 amide bonds. The fraction of sp³-hybridized carbons (Fsp3) is 0.364. The summed E-state index contributed by atoms with van der Waals surface area (Å²) in [5.74, 6) is -0.288. The van der Waals surface area contributed by atoms with Gasteiger partial charge in [0.15, 0.2) is 5.17 Å². The van der Waals surface area contributed by atoms with Crippen molar-refractivity contribution in [2.75, 3.05) is 0 Å². The van der Waals surface area contributed by atoms with Gasteiger partial charge in [-0.1, -0.05) is 22.8 Å². The van der Waals surface area contributed by atoms with Crippen LogP contribution in [-0.4, -0.2) is 10.4 Å². The number of hydrogen-bond acceptors (Lipinski definition) is 2. The lowest BCUT2D eigenvalue weighted by molar-refractivity contribution is 0.318. The highest BCUT2D eigenvalue weighted by molar-refractivity contribution is 6.67. The SMILES string of the molecule is Cc1ccc(F)cc1C1(/C(Cl)=N/O)CC1. The number of nitrogens with zero attached hydrogens (tertiary/aromatic N) is 1. The van der Waals surface area contributed by atoms with Gasteiger partial charge < -0.3 is 5.21 Å². The Kier molecular flexibility index (Phi) is 2.43. The zero-order valence-electron chi connectivity index (χ0n) is 8.30. The Morgan fingerprint density at radius 2 is 2.20 bits per heavy atom. The van der Waals surface area contributed by atoms with E-state index >= 15 is 0 Å². The summed E-state index contributed by atoms with van der Waals surface area (Å²) in [6, 6.07) is 4.60. The molecule has 4 heteroatoms. The molecule has 0 heterocycles. The van der Waals surface area contributed by atoms with Gasteiger partial charge in [-0.2, -0.15) is 0 Å². The number of oxime groups is 1. The van der Waals surface area contributed by atoms with Gasteiger partial charge in [-0.3, -0.25) is 0 Å². The lowest BCUT2D eigenvalue weighted by Crippen LogP contribution is -2.17. The van der Waals surface area contributed by atoms with Gasteiger partial charge in [0.1, 0.15) is 5.82 Å². The van der Waals surface area contributed by atoms with E-state index in [1.165, 1.54) is 12.1 Å². The third kappa shape index (κ3) is 1.61. The summed E-state index contributed by atoms with van der Waals surface area (Å²) in [7, 11) is 0. The number of aryl methyl sites for hydroxylation is 1. The molecule has 0 bridgehead atoms. The average Bonchev–Trinajstić information content (AvgIpc) is 3.01. The van der Waals surface area contributed by atoms with Crippen molar-refractivity contribution in [2.24, 2.45) is 5.16 Å². The standard InChI is InChI=1S/C11H11ClFNO/c1-7-2-3-8(13)6-9(7)11(4-5-11)10(12)14-15/h2-3,6,15H,4-5H2,1H3/b14-10-. The van der Waals surface area contributed by atoms with Gasteiger partial charge in [-0.15, -0.1) is 0 Å². The van der Waals surface area contributed by atoms with Crippen LogP contribution in [-0.2, 0) is 5.41 Å². The summed E-state index contributed by atoms with van der Waals surface area (Å²) >= 11 is 5.86. The first-order valence-corrected chi connectivity index (χ1v) is 5.12. The molecule has 2 rings (SSSR count). The second kappa shape index (κ2) is 3.49. The van der Waals surface area contributed by atoms with Crippen molar-refractivity contribution in [1.82, 2.24) is 0 Å². The number of halogens is 2. The Hall–Kier alpha value is -1.09. The Balaban J connectivity index is 2.50. The van der Waals surface area contributed by atoms with E-state index in [-0.39, 0.29) is 11.0 Å². The Morgan fingerprint density at radius 3 is 2.73 bits per heavy atom. The average molecular weight is 228 g/mol. The minimum Gasteiger partial charge on any atom is -0.410 e.